The summed E-state index contributed by atoms with van der Waals surface area (Å²) in [7, 11) is 0. The van der Waals surface area contributed by atoms with Gasteiger partial charge < -0.3 is 0 Å². The molecule has 0 fully saturated rings. The number of hydrogen-bond donors (Lipinski definition) is 0. The molecule has 0 rings (SSSR count). The molecule has 0 aromatic carbocycles. The van der Waals surface area contributed by atoms with Crippen LogP contribution in [0.1, 0.15) is 26.2 Å². The molecule has 0 amide bonds. The van der Waals surface area contributed by atoms with Crippen molar-refractivity contribution in [3.63, 3.8) is 0 Å². The lowest BCUT2D eigenvalue weighted by Gasteiger charge is -2.02. The van der Waals surface area contributed by atoms with Crippen LogP contribution in [0.15, 0.2) is 5.11 Å². The van der Waals surface area contributed by atoms with Crippen molar-refractivity contribution in [2.75, 3.05) is 6.54 Å². The van der Waals surface area contributed by atoms with E-state index in [-0.39, 0.29) is 0 Å². The number of hydrogen-bond acceptors (Lipinski definition) is 1. The summed E-state index contributed by atoms with van der Waals surface area (Å²) >= 11 is 3.42. The molecule has 4 heteroatoms. The minimum atomic E-state index is 0.364. The van der Waals surface area contributed by atoms with Gasteiger partial charge in [-0.2, -0.15) is 0 Å². The van der Waals surface area contributed by atoms with Crippen LogP contribution in [0.25, 0.3) is 10.4 Å². The van der Waals surface area contributed by atoms with Gasteiger partial charge in [0.25, 0.3) is 0 Å². The van der Waals surface area contributed by atoms with Crippen LogP contribution in [0.2, 0.25) is 0 Å². The Morgan fingerprint density at radius 3 is 2.90 bits per heavy atom. The van der Waals surface area contributed by atoms with Crippen molar-refractivity contribution >= 4 is 15.9 Å². The first kappa shape index (κ1) is 9.79. The Balaban J connectivity index is 3.24. The molecule has 0 aliphatic heterocycles. The van der Waals surface area contributed by atoms with E-state index in [0.717, 1.165) is 6.42 Å². The van der Waals surface area contributed by atoms with Gasteiger partial charge in [-0.3, -0.25) is 0 Å². The number of rotatable bonds is 5. The highest BCUT2D eigenvalue weighted by Crippen LogP contribution is 2.09. The van der Waals surface area contributed by atoms with Gasteiger partial charge in [0.1, 0.15) is 0 Å². The van der Waals surface area contributed by atoms with Gasteiger partial charge >= 0.3 is 0 Å². The van der Waals surface area contributed by atoms with Gasteiger partial charge in [-0.05, 0) is 12.0 Å². The molecule has 0 bridgehead atoms. The molecule has 0 radical (unpaired) electrons. The van der Waals surface area contributed by atoms with Gasteiger partial charge in [0.2, 0.25) is 0 Å². The third-order valence-corrected chi connectivity index (χ3v) is 1.96. The molecule has 0 aromatic heterocycles. The number of azide groups is 1. The van der Waals surface area contributed by atoms with Crippen molar-refractivity contribution in [1.82, 2.24) is 0 Å². The Hall–Kier alpha value is -0.210. The summed E-state index contributed by atoms with van der Waals surface area (Å²) in [6.45, 7) is 2.71. The van der Waals surface area contributed by atoms with Crippen LogP contribution >= 0.6 is 15.9 Å². The van der Waals surface area contributed by atoms with E-state index in [1.54, 1.807) is 0 Å². The fourth-order valence-electron chi connectivity index (χ4n) is 0.642. The molecule has 58 valence electrons. The molecule has 1 atom stereocenters. The standard InChI is InChI=1S/C6H12BrN3/c1-2-3-4-6(7)5-9-10-8/h6H,2-5H2,1H3. The molecular weight excluding hydrogens is 194 g/mol. The highest BCUT2D eigenvalue weighted by Gasteiger charge is 1.99. The largest absolute Gasteiger partial charge is 0.0928 e. The number of halogens is 1. The first-order valence-corrected chi connectivity index (χ1v) is 4.37. The SMILES string of the molecule is CCCCC(Br)CN=[N+]=[N-]. The van der Waals surface area contributed by atoms with Gasteiger partial charge in [-0.25, -0.2) is 0 Å². The van der Waals surface area contributed by atoms with Crippen LogP contribution in [0.3, 0.4) is 0 Å². The van der Waals surface area contributed by atoms with Crippen LogP contribution in [-0.4, -0.2) is 11.4 Å². The molecule has 0 aliphatic rings. The Labute approximate surface area is 69.6 Å². The van der Waals surface area contributed by atoms with Crippen molar-refractivity contribution in [1.29, 1.82) is 0 Å². The fraction of sp³-hybridized carbons (Fsp3) is 1.00. The zero-order valence-electron chi connectivity index (χ0n) is 6.13. The summed E-state index contributed by atoms with van der Waals surface area (Å²) in [5.41, 5.74) is 7.98. The van der Waals surface area contributed by atoms with E-state index >= 15 is 0 Å². The molecule has 0 saturated carbocycles. The maximum atomic E-state index is 7.98. The van der Waals surface area contributed by atoms with E-state index in [0.29, 0.717) is 11.4 Å². The highest BCUT2D eigenvalue weighted by molar-refractivity contribution is 9.09. The molecule has 0 heterocycles. The maximum absolute atomic E-state index is 7.98. The van der Waals surface area contributed by atoms with Gasteiger partial charge in [0.15, 0.2) is 0 Å². The Morgan fingerprint density at radius 2 is 2.40 bits per heavy atom. The Kier molecular flexibility index (Phi) is 6.76. The summed E-state index contributed by atoms with van der Waals surface area (Å²) < 4.78 is 0. The van der Waals surface area contributed by atoms with E-state index < -0.39 is 0 Å². The Bertz CT molecular complexity index is 120. The van der Waals surface area contributed by atoms with Gasteiger partial charge in [0.05, 0.1) is 0 Å². The van der Waals surface area contributed by atoms with Crippen molar-refractivity contribution in [3.05, 3.63) is 10.4 Å². The van der Waals surface area contributed by atoms with Gasteiger partial charge in [-0.15, -0.1) is 0 Å². The molecule has 0 aromatic rings. The van der Waals surface area contributed by atoms with Crippen molar-refractivity contribution < 1.29 is 0 Å². The van der Waals surface area contributed by atoms with Crippen molar-refractivity contribution in [2.45, 2.75) is 31.0 Å². The normalized spacial score (nSPS) is 12.2. The van der Waals surface area contributed by atoms with E-state index in [9.17, 15) is 0 Å². The predicted octanol–water partition coefficient (Wildman–Crippen LogP) is 3.25. The average Bonchev–Trinajstić information content (AvgIpc) is 1.97. The summed E-state index contributed by atoms with van der Waals surface area (Å²) in [6.07, 6.45) is 3.48. The van der Waals surface area contributed by atoms with E-state index in [2.05, 4.69) is 32.9 Å². The summed E-state index contributed by atoms with van der Waals surface area (Å²) in [6, 6.07) is 0. The summed E-state index contributed by atoms with van der Waals surface area (Å²) in [5, 5.41) is 3.46. The molecular formula is C6H12BrN3. The van der Waals surface area contributed by atoms with E-state index in [1.807, 2.05) is 0 Å². The highest BCUT2D eigenvalue weighted by atomic mass is 79.9. The summed E-state index contributed by atoms with van der Waals surface area (Å²) in [5.74, 6) is 0. The monoisotopic (exact) mass is 205 g/mol. The second-order valence-corrected chi connectivity index (χ2v) is 3.45. The molecule has 3 nitrogen and oxygen atoms in total. The predicted molar refractivity (Wildman–Crippen MR) is 46.3 cm³/mol. The molecule has 1 unspecified atom stereocenters. The molecule has 0 N–H and O–H groups in total. The average molecular weight is 206 g/mol. The smallest absolute Gasteiger partial charge is 0.0383 e. The minimum absolute atomic E-state index is 0.364. The lowest BCUT2D eigenvalue weighted by molar-refractivity contribution is 0.693. The van der Waals surface area contributed by atoms with Crippen LogP contribution in [-0.2, 0) is 0 Å². The van der Waals surface area contributed by atoms with Gasteiger partial charge in [0, 0.05) is 16.3 Å². The number of alkyl halides is 1. The van der Waals surface area contributed by atoms with E-state index in [4.69, 9.17) is 5.53 Å². The maximum Gasteiger partial charge on any atom is 0.0383 e. The number of unbranched alkanes of at least 4 members (excludes halogenated alkanes) is 1. The quantitative estimate of drug-likeness (QED) is 0.287. The first-order valence-electron chi connectivity index (χ1n) is 3.46. The van der Waals surface area contributed by atoms with Crippen molar-refractivity contribution in [2.24, 2.45) is 5.11 Å². The van der Waals surface area contributed by atoms with Crippen LogP contribution in [0.5, 0.6) is 0 Å². The molecule has 0 saturated heterocycles. The van der Waals surface area contributed by atoms with Crippen molar-refractivity contribution in [3.8, 4) is 0 Å². The Morgan fingerprint density at radius 1 is 1.70 bits per heavy atom. The second-order valence-electron chi connectivity index (χ2n) is 2.15. The van der Waals surface area contributed by atoms with Crippen LogP contribution in [0, 0.1) is 0 Å². The minimum Gasteiger partial charge on any atom is -0.0928 e. The molecule has 0 spiro atoms. The van der Waals surface area contributed by atoms with E-state index in [1.165, 1.54) is 12.8 Å². The third-order valence-electron chi connectivity index (χ3n) is 1.21. The lowest BCUT2D eigenvalue weighted by atomic mass is 10.2. The third kappa shape index (κ3) is 5.92. The molecule has 0 aliphatic carbocycles. The van der Waals surface area contributed by atoms with Crippen LogP contribution < -0.4 is 0 Å². The van der Waals surface area contributed by atoms with Crippen LogP contribution in [0.4, 0.5) is 0 Å². The number of nitrogens with zero attached hydrogens (tertiary/aromatic N) is 3. The van der Waals surface area contributed by atoms with Gasteiger partial charge in [-0.1, -0.05) is 40.8 Å². The first-order chi connectivity index (χ1) is 4.81. The molecule has 10 heavy (non-hydrogen) atoms. The second kappa shape index (κ2) is 6.90. The zero-order valence-corrected chi connectivity index (χ0v) is 7.71. The zero-order chi connectivity index (χ0) is 7.82. The topological polar surface area (TPSA) is 48.8 Å². The summed E-state index contributed by atoms with van der Waals surface area (Å²) in [4.78, 5) is 3.04. The lowest BCUT2D eigenvalue weighted by Crippen LogP contribution is -2.00. The fourth-order valence-corrected chi connectivity index (χ4v) is 1.10.